The highest BCUT2D eigenvalue weighted by molar-refractivity contribution is 7.07. The maximum absolute atomic E-state index is 12.3. The minimum absolute atomic E-state index is 0.0268. The van der Waals surface area contributed by atoms with Crippen LogP contribution in [0.2, 0.25) is 0 Å². The molecule has 1 saturated heterocycles. The number of pyridine rings is 1. The van der Waals surface area contributed by atoms with Crippen molar-refractivity contribution in [2.75, 3.05) is 26.2 Å². The number of nitrogens with zero attached hydrogens (tertiary/aromatic N) is 4. The predicted molar refractivity (Wildman–Crippen MR) is 77.5 cm³/mol. The zero-order valence-electron chi connectivity index (χ0n) is 11.1. The number of hydrogen-bond acceptors (Lipinski definition) is 5. The molecule has 0 radical (unpaired) electrons. The van der Waals surface area contributed by atoms with E-state index in [1.807, 2.05) is 22.5 Å². The van der Waals surface area contributed by atoms with Crippen LogP contribution in [-0.4, -0.2) is 51.9 Å². The van der Waals surface area contributed by atoms with Crippen LogP contribution in [-0.2, 0) is 6.54 Å². The van der Waals surface area contributed by atoms with Gasteiger partial charge < -0.3 is 4.90 Å². The van der Waals surface area contributed by atoms with Crippen LogP contribution in [0.1, 0.15) is 16.2 Å². The first-order valence-electron chi connectivity index (χ1n) is 6.62. The summed E-state index contributed by atoms with van der Waals surface area (Å²) in [4.78, 5) is 24.9. The molecule has 1 amide bonds. The van der Waals surface area contributed by atoms with Crippen molar-refractivity contribution in [2.45, 2.75) is 6.54 Å². The lowest BCUT2D eigenvalue weighted by Crippen LogP contribution is -2.48. The number of hydrogen-bond donors (Lipinski definition) is 0. The van der Waals surface area contributed by atoms with E-state index in [1.54, 1.807) is 23.6 Å². The summed E-state index contributed by atoms with van der Waals surface area (Å²) in [5, 5.41) is 2.07. The van der Waals surface area contributed by atoms with Gasteiger partial charge in [-0.3, -0.25) is 14.7 Å². The first-order chi connectivity index (χ1) is 9.83. The average molecular weight is 288 g/mol. The Labute approximate surface area is 121 Å². The molecule has 2 aromatic rings. The van der Waals surface area contributed by atoms with Gasteiger partial charge in [-0.2, -0.15) is 0 Å². The molecular weight excluding hydrogens is 272 g/mol. The number of carbonyl (C=O) groups excluding carboxylic acids is 1. The predicted octanol–water partition coefficient (Wildman–Crippen LogP) is 1.50. The van der Waals surface area contributed by atoms with Crippen molar-refractivity contribution in [1.29, 1.82) is 0 Å². The topological polar surface area (TPSA) is 49.3 Å². The average Bonchev–Trinajstić information content (AvgIpc) is 3.01. The van der Waals surface area contributed by atoms with Gasteiger partial charge in [-0.25, -0.2) is 4.98 Å². The second-order valence-corrected chi connectivity index (χ2v) is 5.48. The normalized spacial score (nSPS) is 16.3. The van der Waals surface area contributed by atoms with Crippen molar-refractivity contribution in [3.05, 3.63) is 46.7 Å². The highest BCUT2D eigenvalue weighted by Crippen LogP contribution is 2.10. The minimum atomic E-state index is 0.0268. The Kier molecular flexibility index (Phi) is 4.03. The molecule has 1 aliphatic heterocycles. The van der Waals surface area contributed by atoms with E-state index in [-0.39, 0.29) is 5.91 Å². The summed E-state index contributed by atoms with van der Waals surface area (Å²) in [6.45, 7) is 4.14. The lowest BCUT2D eigenvalue weighted by Gasteiger charge is -2.34. The van der Waals surface area contributed by atoms with E-state index >= 15 is 0 Å². The molecule has 0 aliphatic carbocycles. The summed E-state index contributed by atoms with van der Waals surface area (Å²) in [7, 11) is 0. The van der Waals surface area contributed by atoms with Gasteiger partial charge in [0.25, 0.3) is 5.91 Å². The number of carbonyl (C=O) groups is 1. The van der Waals surface area contributed by atoms with Crippen molar-refractivity contribution in [1.82, 2.24) is 19.8 Å². The second-order valence-electron chi connectivity index (χ2n) is 4.76. The molecule has 0 unspecified atom stereocenters. The van der Waals surface area contributed by atoms with Crippen molar-refractivity contribution >= 4 is 17.2 Å². The van der Waals surface area contributed by atoms with Gasteiger partial charge in [0, 0.05) is 44.3 Å². The maximum atomic E-state index is 12.3. The molecule has 0 bridgehead atoms. The highest BCUT2D eigenvalue weighted by atomic mass is 32.1. The van der Waals surface area contributed by atoms with Crippen molar-refractivity contribution in [3.8, 4) is 0 Å². The molecule has 0 spiro atoms. The van der Waals surface area contributed by atoms with Crippen LogP contribution in [0.4, 0.5) is 0 Å². The lowest BCUT2D eigenvalue weighted by molar-refractivity contribution is 0.0621. The van der Waals surface area contributed by atoms with Gasteiger partial charge in [-0.1, -0.05) is 6.07 Å². The Morgan fingerprint density at radius 2 is 2.05 bits per heavy atom. The number of rotatable bonds is 3. The highest BCUT2D eigenvalue weighted by Gasteiger charge is 2.22. The molecular formula is C14H16N4OS. The van der Waals surface area contributed by atoms with Gasteiger partial charge in [0.1, 0.15) is 5.69 Å². The molecule has 0 N–H and O–H groups in total. The zero-order valence-corrected chi connectivity index (χ0v) is 11.9. The smallest absolute Gasteiger partial charge is 0.272 e. The molecule has 1 aliphatic rings. The number of piperazine rings is 1. The molecule has 2 aromatic heterocycles. The summed E-state index contributed by atoms with van der Waals surface area (Å²) in [5.41, 5.74) is 3.50. The van der Waals surface area contributed by atoms with E-state index in [9.17, 15) is 4.79 Å². The zero-order chi connectivity index (χ0) is 13.8. The van der Waals surface area contributed by atoms with Gasteiger partial charge >= 0.3 is 0 Å². The molecule has 1 fully saturated rings. The van der Waals surface area contributed by atoms with Gasteiger partial charge in [0.05, 0.1) is 11.2 Å². The van der Waals surface area contributed by atoms with Gasteiger partial charge in [-0.05, 0) is 12.1 Å². The molecule has 0 aromatic carbocycles. The fourth-order valence-electron chi connectivity index (χ4n) is 2.31. The van der Waals surface area contributed by atoms with Crippen LogP contribution in [0.5, 0.6) is 0 Å². The van der Waals surface area contributed by atoms with E-state index in [2.05, 4.69) is 20.2 Å². The third-order valence-corrected chi connectivity index (χ3v) is 4.05. The quantitative estimate of drug-likeness (QED) is 0.859. The standard InChI is InChI=1S/C14H16N4OS/c19-14(13-3-1-2-4-15-13)18-7-5-17(6-8-18)9-12-10-20-11-16-12/h1-4,10-11H,5-9H2. The van der Waals surface area contributed by atoms with Crippen LogP contribution < -0.4 is 0 Å². The number of amides is 1. The first-order valence-corrected chi connectivity index (χ1v) is 7.57. The summed E-state index contributed by atoms with van der Waals surface area (Å²) in [6, 6.07) is 5.44. The molecule has 5 nitrogen and oxygen atoms in total. The maximum Gasteiger partial charge on any atom is 0.272 e. The van der Waals surface area contributed by atoms with Gasteiger partial charge in [-0.15, -0.1) is 11.3 Å². The second kappa shape index (κ2) is 6.11. The van der Waals surface area contributed by atoms with Crippen molar-refractivity contribution in [3.63, 3.8) is 0 Å². The summed E-state index contributed by atoms with van der Waals surface area (Å²) >= 11 is 1.62. The Morgan fingerprint density at radius 1 is 1.20 bits per heavy atom. The van der Waals surface area contributed by atoms with E-state index in [1.165, 1.54) is 0 Å². The lowest BCUT2D eigenvalue weighted by atomic mass is 10.2. The number of aromatic nitrogens is 2. The molecule has 0 atom stereocenters. The van der Waals surface area contributed by atoms with E-state index < -0.39 is 0 Å². The molecule has 6 heteroatoms. The largest absolute Gasteiger partial charge is 0.335 e. The summed E-state index contributed by atoms with van der Waals surface area (Å²) < 4.78 is 0. The van der Waals surface area contributed by atoms with Crippen LogP contribution in [0.3, 0.4) is 0 Å². The van der Waals surface area contributed by atoms with Crippen molar-refractivity contribution < 1.29 is 4.79 Å². The Hall–Kier alpha value is -1.79. The van der Waals surface area contributed by atoms with Crippen LogP contribution in [0, 0.1) is 0 Å². The Morgan fingerprint density at radius 3 is 2.70 bits per heavy atom. The first kappa shape index (κ1) is 13.2. The summed E-state index contributed by atoms with van der Waals surface area (Å²) in [5.74, 6) is 0.0268. The number of thiazole rings is 1. The molecule has 104 valence electrons. The van der Waals surface area contributed by atoms with E-state index in [4.69, 9.17) is 0 Å². The third-order valence-electron chi connectivity index (χ3n) is 3.41. The SMILES string of the molecule is O=C(c1ccccn1)N1CCN(Cc2cscn2)CC1. The van der Waals surface area contributed by atoms with Gasteiger partial charge in [0.15, 0.2) is 0 Å². The molecule has 3 heterocycles. The van der Waals surface area contributed by atoms with E-state index in [0.29, 0.717) is 5.69 Å². The monoisotopic (exact) mass is 288 g/mol. The van der Waals surface area contributed by atoms with Crippen LogP contribution >= 0.6 is 11.3 Å². The summed E-state index contributed by atoms with van der Waals surface area (Å²) in [6.07, 6.45) is 1.66. The molecule has 3 rings (SSSR count). The third kappa shape index (κ3) is 3.02. The van der Waals surface area contributed by atoms with E-state index in [0.717, 1.165) is 38.4 Å². The molecule has 0 saturated carbocycles. The Bertz CT molecular complexity index is 550. The van der Waals surface area contributed by atoms with Crippen LogP contribution in [0.15, 0.2) is 35.3 Å². The van der Waals surface area contributed by atoms with Crippen LogP contribution in [0.25, 0.3) is 0 Å². The van der Waals surface area contributed by atoms with Crippen molar-refractivity contribution in [2.24, 2.45) is 0 Å². The minimum Gasteiger partial charge on any atom is -0.335 e. The molecule has 20 heavy (non-hydrogen) atoms. The fraction of sp³-hybridized carbons (Fsp3) is 0.357. The Balaban J connectivity index is 1.55. The fourth-order valence-corrected chi connectivity index (χ4v) is 2.85. The van der Waals surface area contributed by atoms with Gasteiger partial charge in [0.2, 0.25) is 0 Å².